The molecule has 20 heavy (non-hydrogen) atoms. The molecule has 0 aromatic rings. The van der Waals surface area contributed by atoms with Crippen molar-refractivity contribution in [3.8, 4) is 0 Å². The minimum atomic E-state index is -0.584. The first-order chi connectivity index (χ1) is 9.12. The zero-order valence-corrected chi connectivity index (χ0v) is 13.6. The van der Waals surface area contributed by atoms with Crippen molar-refractivity contribution in [3.05, 3.63) is 0 Å². The van der Waals surface area contributed by atoms with E-state index in [1.807, 2.05) is 13.8 Å². The zero-order valence-electron chi connectivity index (χ0n) is 13.6. The van der Waals surface area contributed by atoms with Crippen LogP contribution in [0.15, 0.2) is 0 Å². The molecule has 0 aromatic heterocycles. The van der Waals surface area contributed by atoms with Gasteiger partial charge in [-0.2, -0.15) is 0 Å². The summed E-state index contributed by atoms with van der Waals surface area (Å²) < 4.78 is 0. The molecule has 0 aliphatic carbocycles. The van der Waals surface area contributed by atoms with Crippen LogP contribution >= 0.6 is 0 Å². The quantitative estimate of drug-likeness (QED) is 0.673. The van der Waals surface area contributed by atoms with Crippen molar-refractivity contribution in [1.29, 1.82) is 0 Å². The lowest BCUT2D eigenvalue weighted by Gasteiger charge is -2.38. The molecule has 118 valence electrons. The van der Waals surface area contributed by atoms with E-state index in [1.54, 1.807) is 6.92 Å². The maximum absolute atomic E-state index is 11.2. The molecule has 0 unspecified atom stereocenters. The Balaban J connectivity index is 2.35. The summed E-state index contributed by atoms with van der Waals surface area (Å²) in [6.07, 6.45) is 2.47. The number of hydrogen-bond acceptors (Lipinski definition) is 4. The predicted octanol–water partition coefficient (Wildman–Crippen LogP) is 0.726. The average molecular weight is 285 g/mol. The highest BCUT2D eigenvalue weighted by Crippen LogP contribution is 2.21. The van der Waals surface area contributed by atoms with E-state index in [2.05, 4.69) is 29.5 Å². The number of nitrogens with zero attached hydrogens (tertiary/aromatic N) is 1. The molecule has 1 atom stereocenters. The Morgan fingerprint density at radius 1 is 1.40 bits per heavy atom. The molecule has 1 fully saturated rings. The standard InChI is InChI=1S/C15H31N3O2/c1-12(10-14(3,4)17-13(2)19)16-11-15(20)6-8-18(5)9-7-15/h12,16,20H,6-11H2,1-5H3,(H,17,19)/t12-/m0/s1. The maximum atomic E-state index is 11.2. The molecule has 1 aliphatic rings. The van der Waals surface area contributed by atoms with Crippen molar-refractivity contribution < 1.29 is 9.90 Å². The molecule has 1 rings (SSSR count). The third kappa shape index (κ3) is 6.20. The lowest BCUT2D eigenvalue weighted by molar-refractivity contribution is -0.120. The van der Waals surface area contributed by atoms with Gasteiger partial charge in [0.15, 0.2) is 0 Å². The number of piperidine rings is 1. The zero-order chi connectivity index (χ0) is 15.4. The smallest absolute Gasteiger partial charge is 0.217 e. The van der Waals surface area contributed by atoms with Gasteiger partial charge in [0.05, 0.1) is 5.60 Å². The third-order valence-electron chi connectivity index (χ3n) is 4.03. The summed E-state index contributed by atoms with van der Waals surface area (Å²) >= 11 is 0. The van der Waals surface area contributed by atoms with E-state index >= 15 is 0 Å². The van der Waals surface area contributed by atoms with Crippen LogP contribution in [0.25, 0.3) is 0 Å². The first-order valence-corrected chi connectivity index (χ1v) is 7.55. The number of aliphatic hydroxyl groups is 1. The van der Waals surface area contributed by atoms with E-state index in [1.165, 1.54) is 0 Å². The van der Waals surface area contributed by atoms with Crippen molar-refractivity contribution in [3.63, 3.8) is 0 Å². The summed E-state index contributed by atoms with van der Waals surface area (Å²) in [4.78, 5) is 13.4. The minimum absolute atomic E-state index is 0.00357. The molecule has 5 heteroatoms. The maximum Gasteiger partial charge on any atom is 0.217 e. The normalized spacial score (nSPS) is 21.5. The monoisotopic (exact) mass is 285 g/mol. The van der Waals surface area contributed by atoms with Crippen molar-refractivity contribution in [2.24, 2.45) is 0 Å². The fourth-order valence-corrected chi connectivity index (χ4v) is 2.94. The van der Waals surface area contributed by atoms with Crippen LogP contribution < -0.4 is 10.6 Å². The Morgan fingerprint density at radius 2 is 1.95 bits per heavy atom. The number of carbonyl (C=O) groups is 1. The topological polar surface area (TPSA) is 64.6 Å². The molecule has 5 nitrogen and oxygen atoms in total. The predicted molar refractivity (Wildman–Crippen MR) is 81.7 cm³/mol. The van der Waals surface area contributed by atoms with Crippen molar-refractivity contribution in [2.75, 3.05) is 26.7 Å². The molecule has 0 radical (unpaired) electrons. The highest BCUT2D eigenvalue weighted by Gasteiger charge is 2.31. The molecule has 0 bridgehead atoms. The third-order valence-corrected chi connectivity index (χ3v) is 4.03. The van der Waals surface area contributed by atoms with E-state index in [0.717, 1.165) is 32.4 Å². The van der Waals surface area contributed by atoms with Crippen molar-refractivity contribution in [2.45, 2.75) is 64.1 Å². The number of likely N-dealkylation sites (tertiary alicyclic amines) is 1. The largest absolute Gasteiger partial charge is 0.388 e. The second kappa shape index (κ2) is 6.87. The van der Waals surface area contributed by atoms with Gasteiger partial charge in [-0.15, -0.1) is 0 Å². The SMILES string of the molecule is CC(=O)NC(C)(C)C[C@H](C)NCC1(O)CCN(C)CC1. The first-order valence-electron chi connectivity index (χ1n) is 7.55. The van der Waals surface area contributed by atoms with Gasteiger partial charge in [0.1, 0.15) is 0 Å². The number of hydrogen-bond donors (Lipinski definition) is 3. The second-order valence-corrected chi connectivity index (χ2v) is 7.08. The van der Waals surface area contributed by atoms with Gasteiger partial charge in [-0.25, -0.2) is 0 Å². The summed E-state index contributed by atoms with van der Waals surface area (Å²) in [5.74, 6) is -0.00357. The molecule has 1 amide bonds. The highest BCUT2D eigenvalue weighted by atomic mass is 16.3. The Hall–Kier alpha value is -0.650. The Kier molecular flexibility index (Phi) is 5.98. The van der Waals surface area contributed by atoms with Crippen LogP contribution in [0.3, 0.4) is 0 Å². The van der Waals surface area contributed by atoms with E-state index in [-0.39, 0.29) is 17.5 Å². The van der Waals surface area contributed by atoms with Crippen LogP contribution in [-0.4, -0.2) is 59.8 Å². The molecular formula is C15H31N3O2. The molecule has 0 saturated carbocycles. The summed E-state index contributed by atoms with van der Waals surface area (Å²) in [5.41, 5.74) is -0.813. The van der Waals surface area contributed by atoms with Crippen LogP contribution in [0.1, 0.15) is 47.0 Å². The van der Waals surface area contributed by atoms with E-state index < -0.39 is 5.60 Å². The van der Waals surface area contributed by atoms with Gasteiger partial charge in [-0.1, -0.05) is 0 Å². The van der Waals surface area contributed by atoms with Gasteiger partial charge in [0.25, 0.3) is 0 Å². The number of carbonyl (C=O) groups excluding carboxylic acids is 1. The van der Waals surface area contributed by atoms with Crippen LogP contribution in [0, 0.1) is 0 Å². The fourth-order valence-electron chi connectivity index (χ4n) is 2.94. The molecule has 0 spiro atoms. The summed E-state index contributed by atoms with van der Waals surface area (Å²) in [6, 6.07) is 0.250. The Labute approximate surface area is 123 Å². The fraction of sp³-hybridized carbons (Fsp3) is 0.933. The number of nitrogens with one attached hydrogen (secondary N) is 2. The molecule has 1 heterocycles. The minimum Gasteiger partial charge on any atom is -0.388 e. The summed E-state index contributed by atoms with van der Waals surface area (Å²) in [7, 11) is 2.09. The van der Waals surface area contributed by atoms with Gasteiger partial charge in [-0.3, -0.25) is 4.79 Å². The van der Waals surface area contributed by atoms with E-state index in [4.69, 9.17) is 0 Å². The van der Waals surface area contributed by atoms with Crippen molar-refractivity contribution >= 4 is 5.91 Å². The van der Waals surface area contributed by atoms with E-state index in [0.29, 0.717) is 6.54 Å². The summed E-state index contributed by atoms with van der Waals surface area (Å²) in [5, 5.41) is 16.9. The van der Waals surface area contributed by atoms with Crippen molar-refractivity contribution in [1.82, 2.24) is 15.5 Å². The van der Waals surface area contributed by atoms with Gasteiger partial charge in [0, 0.05) is 38.1 Å². The molecule has 1 aliphatic heterocycles. The lowest BCUT2D eigenvalue weighted by Crippen LogP contribution is -2.52. The van der Waals surface area contributed by atoms with Crippen LogP contribution in [-0.2, 0) is 4.79 Å². The Bertz CT molecular complexity index is 323. The number of rotatable bonds is 6. The van der Waals surface area contributed by atoms with Gasteiger partial charge < -0.3 is 20.6 Å². The molecule has 3 N–H and O–H groups in total. The molecule has 0 aromatic carbocycles. The van der Waals surface area contributed by atoms with Crippen LogP contribution in [0.2, 0.25) is 0 Å². The highest BCUT2D eigenvalue weighted by molar-refractivity contribution is 5.73. The van der Waals surface area contributed by atoms with E-state index in [9.17, 15) is 9.90 Å². The molecule has 1 saturated heterocycles. The number of amides is 1. The molecular weight excluding hydrogens is 254 g/mol. The summed E-state index contributed by atoms with van der Waals surface area (Å²) in [6.45, 7) is 10.2. The lowest BCUT2D eigenvalue weighted by atomic mass is 9.90. The van der Waals surface area contributed by atoms with Gasteiger partial charge in [0.2, 0.25) is 5.91 Å². The average Bonchev–Trinajstić information content (AvgIpc) is 2.29. The van der Waals surface area contributed by atoms with Gasteiger partial charge >= 0.3 is 0 Å². The van der Waals surface area contributed by atoms with Crippen LogP contribution in [0.5, 0.6) is 0 Å². The van der Waals surface area contributed by atoms with Crippen LogP contribution in [0.4, 0.5) is 0 Å². The Morgan fingerprint density at radius 3 is 2.45 bits per heavy atom. The van der Waals surface area contributed by atoms with Gasteiger partial charge in [-0.05, 0) is 47.1 Å². The first kappa shape index (κ1) is 17.4. The second-order valence-electron chi connectivity index (χ2n) is 7.08.